The van der Waals surface area contributed by atoms with Gasteiger partial charge >= 0.3 is 263 Å². The average Bonchev–Trinajstić information content (AvgIpc) is 2.48. The number of carbonyl (C=O) groups is 6. The Morgan fingerprint density at radius 3 is 0.968 bits per heavy atom. The Kier molecular flexibility index (Phi) is 49.8. The first-order valence-electron chi connectivity index (χ1n) is 6.33. The summed E-state index contributed by atoms with van der Waals surface area (Å²) in [5.41, 5.74) is 0. The van der Waals surface area contributed by atoms with Gasteiger partial charge in [0.1, 0.15) is 6.10 Å². The topological polar surface area (TPSA) is 278 Å². The van der Waals surface area contributed by atoms with Crippen molar-refractivity contribution in [3.8, 4) is 0 Å². The number of aliphatic hydroxyl groups is 2. The zero-order chi connectivity index (χ0) is 21.2. The molecule has 0 rings (SSSR count). The van der Waals surface area contributed by atoms with E-state index in [9.17, 15) is 54.3 Å². The van der Waals surface area contributed by atoms with E-state index in [0.717, 1.165) is 0 Å². The van der Waals surface area contributed by atoms with Crippen LogP contribution in [0.3, 0.4) is 0 Å². The van der Waals surface area contributed by atoms with Crippen LogP contribution in [0.1, 0.15) is 12.8 Å². The fourth-order valence-electron chi connectivity index (χ4n) is 1.34. The second kappa shape index (κ2) is 29.5. The van der Waals surface area contributed by atoms with E-state index in [1.54, 1.807) is 0 Å². The molecule has 0 aliphatic heterocycles. The molecule has 0 fully saturated rings. The zero-order valence-corrected chi connectivity index (χ0v) is 33.2. The molecule has 31 heavy (non-hydrogen) atoms. The maximum Gasteiger partial charge on any atom is 1.00 e. The molecule has 4 unspecified atom stereocenters. The Morgan fingerprint density at radius 2 is 0.806 bits per heavy atom. The molecule has 0 aliphatic rings. The molecule has 3 N–H and O–H groups in total. The Bertz CT molecular complexity index is 536. The molecular formula is C12H11K5O14. The van der Waals surface area contributed by atoms with E-state index in [1.807, 2.05) is 0 Å². The zero-order valence-electron chi connectivity index (χ0n) is 17.6. The average molecular weight is 575 g/mol. The van der Waals surface area contributed by atoms with E-state index in [1.165, 1.54) is 0 Å². The molecule has 0 saturated carbocycles. The van der Waals surface area contributed by atoms with Crippen molar-refractivity contribution in [2.45, 2.75) is 25.0 Å². The molecule has 4 atom stereocenters. The van der Waals surface area contributed by atoms with E-state index in [4.69, 9.17) is 15.3 Å². The van der Waals surface area contributed by atoms with Crippen molar-refractivity contribution in [3.05, 3.63) is 0 Å². The normalized spacial score (nSPS) is 12.2. The van der Waals surface area contributed by atoms with Gasteiger partial charge in [0.05, 0.1) is 5.97 Å². The summed E-state index contributed by atoms with van der Waals surface area (Å²) in [5.74, 6) is -15.5. The molecule has 0 aromatic heterocycles. The van der Waals surface area contributed by atoms with Gasteiger partial charge in [-0.2, -0.15) is 0 Å². The van der Waals surface area contributed by atoms with Gasteiger partial charge in [-0.3, -0.25) is 0 Å². The third-order valence-corrected chi connectivity index (χ3v) is 2.64. The Balaban J connectivity index is -0.0000000640. The van der Waals surface area contributed by atoms with Gasteiger partial charge in [0.25, 0.3) is 0 Å². The standard InChI is InChI=1S/2C6H8O7.5K/c2*7-3(8)1-2(5(10)11)4(9)6(12)13;;;;;/h2*2,4,9H,1H2,(H,7,8)(H,10,11)(H,12,13);;;;;/q;;5*+1/p-5. The number of aliphatic hydroxyl groups excluding tert-OH is 2. The first-order chi connectivity index (χ1) is 11.7. The molecular weight excluding hydrogens is 564 g/mol. The Labute approximate surface area is 388 Å². The molecule has 0 bridgehead atoms. The van der Waals surface area contributed by atoms with E-state index in [2.05, 4.69) is 0 Å². The van der Waals surface area contributed by atoms with Crippen molar-refractivity contribution < 1.29 is 327 Å². The summed E-state index contributed by atoms with van der Waals surface area (Å²) in [5, 5.41) is 75.6. The number of rotatable bonds is 10. The summed E-state index contributed by atoms with van der Waals surface area (Å²) < 4.78 is 0. The van der Waals surface area contributed by atoms with Crippen LogP contribution >= 0.6 is 0 Å². The minimum absolute atomic E-state index is 0. The SMILES string of the molecule is O=C([O-])CC(C(=O)[O-])C(O)C(=O)O.O=C([O-])CC(C(=O)[O-])C(O)C(=O)[O-].[K+].[K+].[K+].[K+].[K+]. The molecule has 0 aromatic carbocycles. The van der Waals surface area contributed by atoms with Gasteiger partial charge in [-0.1, -0.05) is 0 Å². The first kappa shape index (κ1) is 52.4. The van der Waals surface area contributed by atoms with Crippen molar-refractivity contribution in [3.63, 3.8) is 0 Å². The molecule has 19 heteroatoms. The Hall–Kier alpha value is 4.92. The van der Waals surface area contributed by atoms with Crippen molar-refractivity contribution >= 4 is 35.8 Å². The second-order valence-corrected chi connectivity index (χ2v) is 4.55. The number of carboxylic acid groups (broad SMARTS) is 6. The van der Waals surface area contributed by atoms with E-state index in [0.29, 0.717) is 0 Å². The summed E-state index contributed by atoms with van der Waals surface area (Å²) in [6.45, 7) is 0. The molecule has 0 saturated heterocycles. The van der Waals surface area contributed by atoms with Crippen LogP contribution in [0.2, 0.25) is 0 Å². The van der Waals surface area contributed by atoms with Crippen molar-refractivity contribution in [2.24, 2.45) is 11.8 Å². The van der Waals surface area contributed by atoms with Gasteiger partial charge in [-0.25, -0.2) is 4.79 Å². The summed E-state index contributed by atoms with van der Waals surface area (Å²) in [6.07, 6.45) is -6.96. The molecule has 148 valence electrons. The minimum atomic E-state index is -2.41. The largest absolute Gasteiger partial charge is 1.00 e. The predicted molar refractivity (Wildman–Crippen MR) is 60.9 cm³/mol. The fraction of sp³-hybridized carbons (Fsp3) is 0.500. The van der Waals surface area contributed by atoms with Gasteiger partial charge in [-0.05, 0) is 12.8 Å². The van der Waals surface area contributed by atoms with Crippen LogP contribution in [-0.2, 0) is 28.8 Å². The third kappa shape index (κ3) is 27.8. The first-order valence-corrected chi connectivity index (χ1v) is 6.33. The van der Waals surface area contributed by atoms with Gasteiger partial charge in [0.15, 0.2) is 6.10 Å². The number of carboxylic acids is 6. The second-order valence-electron chi connectivity index (χ2n) is 4.55. The van der Waals surface area contributed by atoms with Crippen molar-refractivity contribution in [1.29, 1.82) is 0 Å². The third-order valence-electron chi connectivity index (χ3n) is 2.64. The maximum absolute atomic E-state index is 10.2. The number of hydrogen-bond acceptors (Lipinski definition) is 13. The fourth-order valence-corrected chi connectivity index (χ4v) is 1.34. The van der Waals surface area contributed by atoms with Crippen LogP contribution in [0.25, 0.3) is 0 Å². The number of aliphatic carboxylic acids is 6. The quantitative estimate of drug-likeness (QED) is 0.204. The molecule has 0 heterocycles. The van der Waals surface area contributed by atoms with E-state index in [-0.39, 0.29) is 257 Å². The van der Waals surface area contributed by atoms with Crippen LogP contribution in [0, 0.1) is 11.8 Å². The van der Waals surface area contributed by atoms with E-state index < -0.39 is 72.7 Å². The van der Waals surface area contributed by atoms with Crippen molar-refractivity contribution in [1.82, 2.24) is 0 Å². The molecule has 0 spiro atoms. The van der Waals surface area contributed by atoms with Crippen LogP contribution < -0.4 is 282 Å². The van der Waals surface area contributed by atoms with Crippen LogP contribution in [0.5, 0.6) is 0 Å². The van der Waals surface area contributed by atoms with Crippen LogP contribution in [0.15, 0.2) is 0 Å². The van der Waals surface area contributed by atoms with Gasteiger partial charge in [-0.15, -0.1) is 0 Å². The Morgan fingerprint density at radius 1 is 0.548 bits per heavy atom. The number of hydrogen-bond donors (Lipinski definition) is 3. The van der Waals surface area contributed by atoms with Gasteiger partial charge < -0.3 is 64.8 Å². The van der Waals surface area contributed by atoms with Crippen LogP contribution in [-0.4, -0.2) is 63.3 Å². The summed E-state index contributed by atoms with van der Waals surface area (Å²) in [4.78, 5) is 60.2. The minimum Gasteiger partial charge on any atom is -0.550 e. The molecule has 0 aromatic rings. The number of carbonyl (C=O) groups excluding carboxylic acids is 5. The molecule has 14 nitrogen and oxygen atoms in total. The van der Waals surface area contributed by atoms with E-state index >= 15 is 0 Å². The van der Waals surface area contributed by atoms with Crippen LogP contribution in [0.4, 0.5) is 0 Å². The van der Waals surface area contributed by atoms with Gasteiger partial charge in [0, 0.05) is 35.7 Å². The monoisotopic (exact) mass is 574 g/mol. The maximum atomic E-state index is 10.2. The van der Waals surface area contributed by atoms with Crippen molar-refractivity contribution in [2.75, 3.05) is 0 Å². The molecule has 0 amide bonds. The molecule has 0 radical (unpaired) electrons. The summed E-state index contributed by atoms with van der Waals surface area (Å²) in [6, 6.07) is 0. The van der Waals surface area contributed by atoms with Gasteiger partial charge in [0.2, 0.25) is 0 Å². The summed E-state index contributed by atoms with van der Waals surface area (Å²) in [7, 11) is 0. The molecule has 0 aliphatic carbocycles. The smallest absolute Gasteiger partial charge is 0.550 e. The summed E-state index contributed by atoms with van der Waals surface area (Å²) >= 11 is 0. The predicted octanol–water partition coefficient (Wildman–Crippen LogP) is -24.4.